The van der Waals surface area contributed by atoms with E-state index in [4.69, 9.17) is 9.47 Å². The molecule has 1 aromatic carbocycles. The molecule has 2 aliphatic rings. The second kappa shape index (κ2) is 7.97. The fourth-order valence-electron chi connectivity index (χ4n) is 3.44. The molecule has 1 unspecified atom stereocenters. The van der Waals surface area contributed by atoms with Gasteiger partial charge in [0.15, 0.2) is 6.29 Å². The Morgan fingerprint density at radius 3 is 2.52 bits per heavy atom. The number of piperidine rings is 1. The van der Waals surface area contributed by atoms with Gasteiger partial charge in [-0.25, -0.2) is 0 Å². The first kappa shape index (κ1) is 17.9. The fraction of sp³-hybridized carbons (Fsp3) is 0.579. The lowest BCUT2D eigenvalue weighted by atomic mass is 9.96. The molecule has 1 aromatic rings. The second-order valence-electron chi connectivity index (χ2n) is 6.84. The lowest BCUT2D eigenvalue weighted by molar-refractivity contribution is -0.138. The van der Waals surface area contributed by atoms with Crippen LogP contribution in [-0.2, 0) is 14.3 Å². The molecule has 2 saturated heterocycles. The summed E-state index contributed by atoms with van der Waals surface area (Å²) in [5.41, 5.74) is 1.60. The van der Waals surface area contributed by atoms with E-state index in [1.807, 2.05) is 30.0 Å². The van der Waals surface area contributed by atoms with Gasteiger partial charge >= 0.3 is 0 Å². The molecule has 136 valence electrons. The Bertz CT molecular complexity index is 620. The predicted molar refractivity (Wildman–Crippen MR) is 93.1 cm³/mol. The van der Waals surface area contributed by atoms with Crippen LogP contribution in [0.2, 0.25) is 0 Å². The van der Waals surface area contributed by atoms with Crippen LogP contribution < -0.4 is 5.32 Å². The van der Waals surface area contributed by atoms with Gasteiger partial charge in [-0.1, -0.05) is 17.7 Å². The highest BCUT2D eigenvalue weighted by Gasteiger charge is 2.33. The molecule has 1 atom stereocenters. The average molecular weight is 346 g/mol. The van der Waals surface area contributed by atoms with Crippen LogP contribution in [0, 0.1) is 12.8 Å². The van der Waals surface area contributed by atoms with Gasteiger partial charge in [-0.05, 0) is 38.8 Å². The minimum absolute atomic E-state index is 0.0345. The number of carbonyl (C=O) groups excluding carboxylic acids is 2. The number of nitrogens with one attached hydrogen (secondary N) is 1. The number of likely N-dealkylation sites (tertiary alicyclic amines) is 1. The normalized spacial score (nSPS) is 20.5. The van der Waals surface area contributed by atoms with Crippen molar-refractivity contribution in [3.8, 4) is 0 Å². The minimum atomic E-state index is -0.538. The first-order valence-electron chi connectivity index (χ1n) is 8.94. The van der Waals surface area contributed by atoms with Crippen molar-refractivity contribution < 1.29 is 19.1 Å². The van der Waals surface area contributed by atoms with Crippen LogP contribution in [0.1, 0.15) is 35.7 Å². The Hall–Kier alpha value is -1.92. The van der Waals surface area contributed by atoms with Crippen molar-refractivity contribution in [2.24, 2.45) is 5.92 Å². The van der Waals surface area contributed by atoms with Gasteiger partial charge in [0.05, 0.1) is 13.2 Å². The average Bonchev–Trinajstić information content (AvgIpc) is 3.16. The molecule has 2 fully saturated rings. The maximum atomic E-state index is 12.6. The SMILES string of the molecule is Cc1cccc(C(=O)NC(C)C(=O)N2CCC(C3OCCO3)CC2)c1. The predicted octanol–water partition coefficient (Wildman–Crippen LogP) is 1.72. The third kappa shape index (κ3) is 4.38. The van der Waals surface area contributed by atoms with Gasteiger partial charge in [0, 0.05) is 24.6 Å². The third-order valence-electron chi connectivity index (χ3n) is 4.88. The van der Waals surface area contributed by atoms with E-state index in [1.165, 1.54) is 0 Å². The third-order valence-corrected chi connectivity index (χ3v) is 4.88. The van der Waals surface area contributed by atoms with Crippen molar-refractivity contribution in [3.63, 3.8) is 0 Å². The summed E-state index contributed by atoms with van der Waals surface area (Å²) < 4.78 is 11.1. The van der Waals surface area contributed by atoms with Crippen LogP contribution in [0.15, 0.2) is 24.3 Å². The molecule has 0 spiro atoms. The molecule has 2 amide bonds. The molecule has 3 rings (SSSR count). The monoisotopic (exact) mass is 346 g/mol. The van der Waals surface area contributed by atoms with Gasteiger partial charge < -0.3 is 19.7 Å². The van der Waals surface area contributed by atoms with E-state index < -0.39 is 6.04 Å². The lowest BCUT2D eigenvalue weighted by Gasteiger charge is -2.35. The van der Waals surface area contributed by atoms with Gasteiger partial charge in [0.2, 0.25) is 5.91 Å². The number of amides is 2. The van der Waals surface area contributed by atoms with Crippen molar-refractivity contribution >= 4 is 11.8 Å². The van der Waals surface area contributed by atoms with Gasteiger partial charge in [0.1, 0.15) is 6.04 Å². The lowest BCUT2D eigenvalue weighted by Crippen LogP contribution is -2.50. The van der Waals surface area contributed by atoms with E-state index in [-0.39, 0.29) is 18.1 Å². The quantitative estimate of drug-likeness (QED) is 0.901. The highest BCUT2D eigenvalue weighted by molar-refractivity contribution is 5.97. The highest BCUT2D eigenvalue weighted by Crippen LogP contribution is 2.26. The van der Waals surface area contributed by atoms with Crippen LogP contribution in [0.4, 0.5) is 0 Å². The summed E-state index contributed by atoms with van der Waals surface area (Å²) in [5, 5.41) is 2.81. The number of carbonyl (C=O) groups is 2. The Kier molecular flexibility index (Phi) is 5.71. The van der Waals surface area contributed by atoms with Gasteiger partial charge in [-0.15, -0.1) is 0 Å². The van der Waals surface area contributed by atoms with Crippen molar-refractivity contribution in [3.05, 3.63) is 35.4 Å². The second-order valence-corrected chi connectivity index (χ2v) is 6.84. The Morgan fingerprint density at radius 1 is 1.20 bits per heavy atom. The summed E-state index contributed by atoms with van der Waals surface area (Å²) in [6.07, 6.45) is 1.62. The Morgan fingerprint density at radius 2 is 1.88 bits per heavy atom. The maximum absolute atomic E-state index is 12.6. The Balaban J connectivity index is 1.50. The summed E-state index contributed by atoms with van der Waals surface area (Å²) in [7, 11) is 0. The molecule has 6 nitrogen and oxygen atoms in total. The van der Waals surface area contributed by atoms with Crippen LogP contribution >= 0.6 is 0 Å². The molecule has 25 heavy (non-hydrogen) atoms. The molecule has 0 saturated carbocycles. The standard InChI is InChI=1S/C19H26N2O4/c1-13-4-3-5-16(12-13)17(22)20-14(2)18(23)21-8-6-15(7-9-21)19-24-10-11-25-19/h3-5,12,14-15,19H,6-11H2,1-2H3,(H,20,22). The van der Waals surface area contributed by atoms with E-state index in [1.54, 1.807) is 13.0 Å². The minimum Gasteiger partial charge on any atom is -0.350 e. The zero-order chi connectivity index (χ0) is 17.8. The number of benzene rings is 1. The summed E-state index contributed by atoms with van der Waals surface area (Å²) in [6, 6.07) is 6.82. The van der Waals surface area contributed by atoms with Crippen molar-refractivity contribution in [1.29, 1.82) is 0 Å². The molecule has 0 aliphatic carbocycles. The summed E-state index contributed by atoms with van der Waals surface area (Å²) in [4.78, 5) is 26.7. The summed E-state index contributed by atoms with van der Waals surface area (Å²) >= 11 is 0. The smallest absolute Gasteiger partial charge is 0.251 e. The van der Waals surface area contributed by atoms with Crippen LogP contribution in [0.25, 0.3) is 0 Å². The number of hydrogen-bond donors (Lipinski definition) is 1. The molecule has 2 aliphatic heterocycles. The van der Waals surface area contributed by atoms with E-state index >= 15 is 0 Å². The highest BCUT2D eigenvalue weighted by atomic mass is 16.7. The molecule has 6 heteroatoms. The van der Waals surface area contributed by atoms with Crippen LogP contribution in [0.5, 0.6) is 0 Å². The zero-order valence-electron chi connectivity index (χ0n) is 14.9. The number of aryl methyl sites for hydroxylation is 1. The number of ether oxygens (including phenoxy) is 2. The van der Waals surface area contributed by atoms with E-state index in [0.717, 1.165) is 18.4 Å². The van der Waals surface area contributed by atoms with Crippen LogP contribution in [-0.4, -0.2) is 55.3 Å². The van der Waals surface area contributed by atoms with Gasteiger partial charge in [-0.3, -0.25) is 9.59 Å². The van der Waals surface area contributed by atoms with Crippen molar-refractivity contribution in [2.45, 2.75) is 39.0 Å². The molecule has 0 radical (unpaired) electrons. The topological polar surface area (TPSA) is 67.9 Å². The van der Waals surface area contributed by atoms with E-state index in [0.29, 0.717) is 37.8 Å². The Labute approximate surface area is 148 Å². The maximum Gasteiger partial charge on any atom is 0.251 e. The number of rotatable bonds is 4. The fourth-order valence-corrected chi connectivity index (χ4v) is 3.44. The van der Waals surface area contributed by atoms with Crippen molar-refractivity contribution in [2.75, 3.05) is 26.3 Å². The molecule has 0 aromatic heterocycles. The summed E-state index contributed by atoms with van der Waals surface area (Å²) in [6.45, 7) is 6.35. The molecule has 2 heterocycles. The van der Waals surface area contributed by atoms with Crippen molar-refractivity contribution in [1.82, 2.24) is 10.2 Å². The molecular formula is C19H26N2O4. The first-order valence-corrected chi connectivity index (χ1v) is 8.94. The first-order chi connectivity index (χ1) is 12.0. The molecule has 1 N–H and O–H groups in total. The van der Waals surface area contributed by atoms with Crippen LogP contribution in [0.3, 0.4) is 0 Å². The van der Waals surface area contributed by atoms with Gasteiger partial charge in [-0.2, -0.15) is 0 Å². The molecular weight excluding hydrogens is 320 g/mol. The van der Waals surface area contributed by atoms with E-state index in [9.17, 15) is 9.59 Å². The summed E-state index contributed by atoms with van der Waals surface area (Å²) in [5.74, 6) is 0.101. The number of nitrogens with zero attached hydrogens (tertiary/aromatic N) is 1. The van der Waals surface area contributed by atoms with E-state index in [2.05, 4.69) is 5.32 Å². The number of hydrogen-bond acceptors (Lipinski definition) is 4. The van der Waals surface area contributed by atoms with Gasteiger partial charge in [0.25, 0.3) is 5.91 Å². The largest absolute Gasteiger partial charge is 0.350 e. The zero-order valence-corrected chi connectivity index (χ0v) is 14.9. The molecule has 0 bridgehead atoms.